The van der Waals surface area contributed by atoms with Crippen molar-refractivity contribution in [3.63, 3.8) is 0 Å². The van der Waals surface area contributed by atoms with E-state index in [1.807, 2.05) is 54.6 Å². The molecule has 0 radical (unpaired) electrons. The van der Waals surface area contributed by atoms with Crippen LogP contribution in [0.15, 0.2) is 54.6 Å². The normalized spacial score (nSPS) is 11.7. The summed E-state index contributed by atoms with van der Waals surface area (Å²) in [7, 11) is 1.64. The van der Waals surface area contributed by atoms with E-state index in [-0.39, 0.29) is 11.9 Å². The van der Waals surface area contributed by atoms with Gasteiger partial charge in [-0.05, 0) is 23.6 Å². The lowest BCUT2D eigenvalue weighted by Crippen LogP contribution is -2.32. The Morgan fingerprint density at radius 2 is 1.82 bits per heavy atom. The minimum absolute atomic E-state index is 0.00251. The molecule has 2 aromatic rings. The fourth-order valence-electron chi connectivity index (χ4n) is 2.29. The second-order valence-corrected chi connectivity index (χ2v) is 5.13. The zero-order valence-corrected chi connectivity index (χ0v) is 12.8. The Bertz CT molecular complexity index is 599. The quantitative estimate of drug-likeness (QED) is 0.825. The second kappa shape index (κ2) is 8.20. The van der Waals surface area contributed by atoms with Gasteiger partial charge in [0.1, 0.15) is 5.75 Å². The Kier molecular flexibility index (Phi) is 5.98. The minimum Gasteiger partial charge on any atom is -0.496 e. The number of nitrogens with two attached hydrogens (primary N) is 1. The van der Waals surface area contributed by atoms with Crippen molar-refractivity contribution in [2.75, 3.05) is 13.7 Å². The van der Waals surface area contributed by atoms with Gasteiger partial charge >= 0.3 is 0 Å². The van der Waals surface area contributed by atoms with Crippen LogP contribution in [0.3, 0.4) is 0 Å². The number of rotatable bonds is 7. The third kappa shape index (κ3) is 4.60. The fourth-order valence-corrected chi connectivity index (χ4v) is 2.29. The Morgan fingerprint density at radius 1 is 1.14 bits per heavy atom. The zero-order valence-electron chi connectivity index (χ0n) is 12.8. The van der Waals surface area contributed by atoms with Crippen molar-refractivity contribution in [2.24, 2.45) is 5.73 Å². The molecule has 0 saturated carbocycles. The van der Waals surface area contributed by atoms with Gasteiger partial charge in [0.05, 0.1) is 7.11 Å². The number of para-hydroxylation sites is 1. The topological polar surface area (TPSA) is 64.3 Å². The van der Waals surface area contributed by atoms with E-state index in [1.165, 1.54) is 0 Å². The number of ether oxygens (including phenoxy) is 1. The molecule has 0 aliphatic rings. The second-order valence-electron chi connectivity index (χ2n) is 5.13. The first kappa shape index (κ1) is 16.0. The van der Waals surface area contributed by atoms with E-state index >= 15 is 0 Å². The van der Waals surface area contributed by atoms with Crippen LogP contribution in [0.4, 0.5) is 0 Å². The molecule has 4 heteroatoms. The molecule has 3 N–H and O–H groups in total. The highest BCUT2D eigenvalue weighted by atomic mass is 16.5. The van der Waals surface area contributed by atoms with Gasteiger partial charge in [0, 0.05) is 19.0 Å². The fraction of sp³-hybridized carbons (Fsp3) is 0.278. The summed E-state index contributed by atoms with van der Waals surface area (Å²) in [6, 6.07) is 17.3. The maximum atomic E-state index is 11.9. The number of nitrogens with one attached hydrogen (secondary N) is 1. The van der Waals surface area contributed by atoms with Gasteiger partial charge in [0.25, 0.3) is 0 Å². The van der Waals surface area contributed by atoms with Crippen LogP contribution >= 0.6 is 0 Å². The van der Waals surface area contributed by atoms with Crippen LogP contribution in [0.1, 0.15) is 23.6 Å². The molecule has 1 unspecified atom stereocenters. The highest BCUT2D eigenvalue weighted by Crippen LogP contribution is 2.18. The van der Waals surface area contributed by atoms with E-state index in [0.29, 0.717) is 19.4 Å². The highest BCUT2D eigenvalue weighted by Gasteiger charge is 2.09. The summed E-state index contributed by atoms with van der Waals surface area (Å²) in [5, 5.41) is 2.88. The summed E-state index contributed by atoms with van der Waals surface area (Å²) in [4.78, 5) is 11.9. The van der Waals surface area contributed by atoms with Gasteiger partial charge < -0.3 is 15.8 Å². The molecule has 1 atom stereocenters. The number of methoxy groups -OCH3 is 1. The van der Waals surface area contributed by atoms with Gasteiger partial charge in [-0.2, -0.15) is 0 Å². The SMILES string of the molecule is COc1ccccc1CCC(=O)NCC(N)c1ccccc1. The molecule has 0 fully saturated rings. The summed E-state index contributed by atoms with van der Waals surface area (Å²) in [5.74, 6) is 0.813. The molecule has 0 aromatic heterocycles. The molecule has 4 nitrogen and oxygen atoms in total. The van der Waals surface area contributed by atoms with Crippen LogP contribution in [-0.4, -0.2) is 19.6 Å². The average molecular weight is 298 g/mol. The summed E-state index contributed by atoms with van der Waals surface area (Å²) in [6.45, 7) is 0.439. The number of carbonyl (C=O) groups excluding carboxylic acids is 1. The minimum atomic E-state index is -0.184. The van der Waals surface area contributed by atoms with Crippen molar-refractivity contribution >= 4 is 5.91 Å². The van der Waals surface area contributed by atoms with Crippen molar-refractivity contribution in [1.29, 1.82) is 0 Å². The van der Waals surface area contributed by atoms with Crippen LogP contribution in [0.5, 0.6) is 5.75 Å². The molecule has 0 saturated heterocycles. The molecule has 0 heterocycles. The standard InChI is InChI=1S/C18H22N2O2/c1-22-17-10-6-5-9-15(17)11-12-18(21)20-13-16(19)14-7-3-2-4-8-14/h2-10,16H,11-13,19H2,1H3,(H,20,21). The lowest BCUT2D eigenvalue weighted by molar-refractivity contribution is -0.121. The number of amides is 1. The van der Waals surface area contributed by atoms with E-state index < -0.39 is 0 Å². The molecule has 0 spiro atoms. The van der Waals surface area contributed by atoms with Gasteiger partial charge in [-0.25, -0.2) is 0 Å². The molecular weight excluding hydrogens is 276 g/mol. The maximum absolute atomic E-state index is 11.9. The van der Waals surface area contributed by atoms with Crippen molar-refractivity contribution in [3.05, 3.63) is 65.7 Å². The molecule has 116 valence electrons. The monoisotopic (exact) mass is 298 g/mol. The summed E-state index contributed by atoms with van der Waals surface area (Å²) in [5.41, 5.74) is 8.12. The molecule has 1 amide bonds. The molecule has 2 rings (SSSR count). The highest BCUT2D eigenvalue weighted by molar-refractivity contribution is 5.76. The van der Waals surface area contributed by atoms with E-state index in [9.17, 15) is 4.79 Å². The summed E-state index contributed by atoms with van der Waals surface area (Å²) in [6.07, 6.45) is 1.07. The number of aryl methyl sites for hydroxylation is 1. The van der Waals surface area contributed by atoms with E-state index in [4.69, 9.17) is 10.5 Å². The smallest absolute Gasteiger partial charge is 0.220 e. The number of carbonyl (C=O) groups is 1. The first-order valence-corrected chi connectivity index (χ1v) is 7.40. The number of hydrogen-bond donors (Lipinski definition) is 2. The Morgan fingerprint density at radius 3 is 2.55 bits per heavy atom. The average Bonchev–Trinajstić information content (AvgIpc) is 2.58. The van der Waals surface area contributed by atoms with Crippen molar-refractivity contribution in [1.82, 2.24) is 5.32 Å². The van der Waals surface area contributed by atoms with Crippen LogP contribution in [0, 0.1) is 0 Å². The van der Waals surface area contributed by atoms with Gasteiger partial charge in [0.15, 0.2) is 0 Å². The predicted octanol–water partition coefficient (Wildman–Crippen LogP) is 2.44. The third-order valence-electron chi connectivity index (χ3n) is 3.56. The van der Waals surface area contributed by atoms with Gasteiger partial charge in [0.2, 0.25) is 5.91 Å². The first-order chi connectivity index (χ1) is 10.7. The summed E-state index contributed by atoms with van der Waals surface area (Å²) < 4.78 is 5.28. The molecule has 22 heavy (non-hydrogen) atoms. The lowest BCUT2D eigenvalue weighted by atomic mass is 10.1. The molecule has 0 aliphatic heterocycles. The predicted molar refractivity (Wildman–Crippen MR) is 87.7 cm³/mol. The molecule has 0 bridgehead atoms. The van der Waals surface area contributed by atoms with E-state index in [1.54, 1.807) is 7.11 Å². The van der Waals surface area contributed by atoms with Gasteiger partial charge in [-0.3, -0.25) is 4.79 Å². The van der Waals surface area contributed by atoms with Crippen LogP contribution in [-0.2, 0) is 11.2 Å². The van der Waals surface area contributed by atoms with Crippen molar-refractivity contribution < 1.29 is 9.53 Å². The molecule has 0 aliphatic carbocycles. The Hall–Kier alpha value is -2.33. The number of hydrogen-bond acceptors (Lipinski definition) is 3. The van der Waals surface area contributed by atoms with Gasteiger partial charge in [-0.1, -0.05) is 48.5 Å². The van der Waals surface area contributed by atoms with E-state index in [0.717, 1.165) is 16.9 Å². The maximum Gasteiger partial charge on any atom is 0.220 e. The first-order valence-electron chi connectivity index (χ1n) is 7.40. The van der Waals surface area contributed by atoms with Crippen LogP contribution in [0.25, 0.3) is 0 Å². The zero-order chi connectivity index (χ0) is 15.8. The molecule has 2 aromatic carbocycles. The largest absolute Gasteiger partial charge is 0.496 e. The van der Waals surface area contributed by atoms with Crippen molar-refractivity contribution in [2.45, 2.75) is 18.9 Å². The Balaban J connectivity index is 1.79. The van der Waals surface area contributed by atoms with Crippen LogP contribution < -0.4 is 15.8 Å². The van der Waals surface area contributed by atoms with Gasteiger partial charge in [-0.15, -0.1) is 0 Å². The lowest BCUT2D eigenvalue weighted by Gasteiger charge is -2.13. The Labute approximate surface area is 131 Å². The third-order valence-corrected chi connectivity index (χ3v) is 3.56. The number of benzene rings is 2. The van der Waals surface area contributed by atoms with E-state index in [2.05, 4.69) is 5.32 Å². The van der Waals surface area contributed by atoms with Crippen molar-refractivity contribution in [3.8, 4) is 5.75 Å². The van der Waals surface area contributed by atoms with Crippen LogP contribution in [0.2, 0.25) is 0 Å². The summed E-state index contributed by atoms with van der Waals surface area (Å²) >= 11 is 0. The molecular formula is C18H22N2O2.